The summed E-state index contributed by atoms with van der Waals surface area (Å²) in [4.78, 5) is 3.87. The highest BCUT2D eigenvalue weighted by molar-refractivity contribution is 6.33. The van der Waals surface area contributed by atoms with Gasteiger partial charge in [-0.3, -0.25) is 0 Å². The Morgan fingerprint density at radius 1 is 1.15 bits per heavy atom. The smallest absolute Gasteiger partial charge is 0.149 e. The van der Waals surface area contributed by atoms with Crippen LogP contribution in [0, 0.1) is 0 Å². The number of hydrogen-bond acceptors (Lipinski definition) is 7. The fourth-order valence-electron chi connectivity index (χ4n) is 1.88. The Morgan fingerprint density at radius 3 is 2.50 bits per heavy atom. The largest absolute Gasteiger partial charge is 0.397 e. The van der Waals surface area contributed by atoms with Crippen molar-refractivity contribution in [2.45, 2.75) is 6.54 Å². The Hall–Kier alpha value is -2.38. The fourth-order valence-corrected chi connectivity index (χ4v) is 2.17. The van der Waals surface area contributed by atoms with Crippen molar-refractivity contribution in [1.82, 2.24) is 4.98 Å². The van der Waals surface area contributed by atoms with Crippen molar-refractivity contribution in [1.29, 1.82) is 0 Å². The molecular weight excluding hydrogens is 278 g/mol. The van der Waals surface area contributed by atoms with Crippen molar-refractivity contribution in [2.24, 2.45) is 5.84 Å². The van der Waals surface area contributed by atoms with Gasteiger partial charge >= 0.3 is 0 Å². The van der Waals surface area contributed by atoms with E-state index in [1.54, 1.807) is 24.3 Å². The molecule has 0 atom stereocenters. The number of halogens is 1. The number of hydrogen-bond donors (Lipinski definition) is 5. The Bertz CT molecular complexity index is 624. The van der Waals surface area contributed by atoms with Gasteiger partial charge < -0.3 is 27.9 Å². The minimum atomic E-state index is 0.167. The Kier molecular flexibility index (Phi) is 3.73. The first-order chi connectivity index (χ1) is 9.40. The molecule has 8 heteroatoms. The highest BCUT2D eigenvalue weighted by atomic mass is 35.5. The maximum atomic E-state index is 6.10. The number of anilines is 5. The van der Waals surface area contributed by atoms with E-state index in [0.717, 1.165) is 0 Å². The number of nitrogen functional groups attached to an aromatic ring is 4. The van der Waals surface area contributed by atoms with Gasteiger partial charge in [0, 0.05) is 5.56 Å². The molecule has 2 aromatic rings. The second-order valence-corrected chi connectivity index (χ2v) is 4.72. The van der Waals surface area contributed by atoms with E-state index >= 15 is 0 Å². The topological polar surface area (TPSA) is 146 Å². The van der Waals surface area contributed by atoms with Crippen LogP contribution in [0.3, 0.4) is 0 Å². The van der Waals surface area contributed by atoms with E-state index in [4.69, 9.17) is 40.4 Å². The molecule has 0 spiro atoms. The van der Waals surface area contributed by atoms with E-state index in [-0.39, 0.29) is 18.2 Å². The normalized spacial score (nSPS) is 10.5. The summed E-state index contributed by atoms with van der Waals surface area (Å²) in [5.74, 6) is 6.45. The van der Waals surface area contributed by atoms with Crippen LogP contribution in [0.25, 0.3) is 0 Å². The van der Waals surface area contributed by atoms with Gasteiger partial charge in [0.25, 0.3) is 0 Å². The predicted molar refractivity (Wildman–Crippen MR) is 83.7 cm³/mol. The fraction of sp³-hybridized carbons (Fsp3) is 0.0833. The van der Waals surface area contributed by atoms with Crippen LogP contribution >= 0.6 is 11.6 Å². The lowest BCUT2D eigenvalue weighted by Gasteiger charge is -2.22. The molecule has 0 unspecified atom stereocenters. The number of nitrogens with zero attached hydrogens (tertiary/aromatic N) is 2. The molecule has 1 heterocycles. The van der Waals surface area contributed by atoms with Gasteiger partial charge in [0.2, 0.25) is 0 Å². The molecule has 0 saturated carbocycles. The zero-order valence-corrected chi connectivity index (χ0v) is 11.4. The molecular formula is C12H16ClN7. The molecule has 10 N–H and O–H groups in total. The van der Waals surface area contributed by atoms with E-state index in [2.05, 4.69) is 4.98 Å². The van der Waals surface area contributed by atoms with Gasteiger partial charge in [0.15, 0.2) is 0 Å². The standard InChI is InChI=1S/C12H16ClN7/c13-7-2-1-3-8(14)11(7)20(18)5-6-4-9(15)19-12(17)10(6)16/h1-4H,5,14,16,18H2,(H4,15,17,19). The minimum Gasteiger partial charge on any atom is -0.397 e. The summed E-state index contributed by atoms with van der Waals surface area (Å²) < 4.78 is 0. The van der Waals surface area contributed by atoms with E-state index in [1.165, 1.54) is 5.01 Å². The van der Waals surface area contributed by atoms with Gasteiger partial charge in [-0.05, 0) is 18.2 Å². The highest BCUT2D eigenvalue weighted by Gasteiger charge is 2.14. The summed E-state index contributed by atoms with van der Waals surface area (Å²) in [5.41, 5.74) is 25.0. The number of hydrazine groups is 1. The van der Waals surface area contributed by atoms with Crippen LogP contribution in [0.1, 0.15) is 5.56 Å². The van der Waals surface area contributed by atoms with Crippen LogP contribution in [-0.2, 0) is 6.54 Å². The lowest BCUT2D eigenvalue weighted by atomic mass is 10.2. The zero-order valence-electron chi connectivity index (χ0n) is 10.7. The average Bonchev–Trinajstić information content (AvgIpc) is 2.35. The highest BCUT2D eigenvalue weighted by Crippen LogP contribution is 2.32. The number of para-hydroxylation sites is 1. The summed E-state index contributed by atoms with van der Waals surface area (Å²) in [6.45, 7) is 0.247. The first-order valence-electron chi connectivity index (χ1n) is 5.76. The van der Waals surface area contributed by atoms with Crippen molar-refractivity contribution in [3.8, 4) is 0 Å². The molecule has 0 aliphatic carbocycles. The molecule has 1 aromatic heterocycles. The third kappa shape index (κ3) is 2.63. The maximum absolute atomic E-state index is 6.10. The molecule has 7 nitrogen and oxygen atoms in total. The predicted octanol–water partition coefficient (Wildman–Crippen LogP) is 0.944. The van der Waals surface area contributed by atoms with E-state index in [0.29, 0.717) is 27.6 Å². The first-order valence-corrected chi connectivity index (χ1v) is 6.14. The second-order valence-electron chi connectivity index (χ2n) is 4.31. The monoisotopic (exact) mass is 293 g/mol. The molecule has 2 rings (SSSR count). The molecule has 0 bridgehead atoms. The molecule has 0 aliphatic heterocycles. The van der Waals surface area contributed by atoms with E-state index in [1.807, 2.05) is 0 Å². The van der Waals surface area contributed by atoms with Crippen LogP contribution in [-0.4, -0.2) is 4.98 Å². The van der Waals surface area contributed by atoms with Crippen LogP contribution in [0.2, 0.25) is 5.02 Å². The number of rotatable bonds is 3. The molecule has 0 radical (unpaired) electrons. The van der Waals surface area contributed by atoms with Gasteiger partial charge in [0.1, 0.15) is 11.6 Å². The summed E-state index contributed by atoms with van der Waals surface area (Å²) >= 11 is 6.10. The summed E-state index contributed by atoms with van der Waals surface area (Å²) in [6.07, 6.45) is 0. The average molecular weight is 294 g/mol. The van der Waals surface area contributed by atoms with Crippen molar-refractivity contribution >= 4 is 40.3 Å². The van der Waals surface area contributed by atoms with Crippen LogP contribution in [0.4, 0.5) is 28.7 Å². The van der Waals surface area contributed by atoms with Gasteiger partial charge in [0.05, 0.1) is 28.6 Å². The van der Waals surface area contributed by atoms with Crippen molar-refractivity contribution in [3.05, 3.63) is 34.9 Å². The summed E-state index contributed by atoms with van der Waals surface area (Å²) in [5, 5.41) is 1.84. The molecule has 0 saturated heterocycles. The molecule has 20 heavy (non-hydrogen) atoms. The Balaban J connectivity index is 2.35. The van der Waals surface area contributed by atoms with Crippen molar-refractivity contribution in [3.63, 3.8) is 0 Å². The zero-order chi connectivity index (χ0) is 14.9. The molecule has 0 fully saturated rings. The van der Waals surface area contributed by atoms with Crippen LogP contribution in [0.15, 0.2) is 24.3 Å². The van der Waals surface area contributed by atoms with Gasteiger partial charge in [-0.1, -0.05) is 17.7 Å². The second kappa shape index (κ2) is 5.32. The molecule has 106 valence electrons. The number of pyridine rings is 1. The third-order valence-electron chi connectivity index (χ3n) is 2.84. The molecule has 0 amide bonds. The third-order valence-corrected chi connectivity index (χ3v) is 3.14. The maximum Gasteiger partial charge on any atom is 0.149 e. The quantitative estimate of drug-likeness (QED) is 0.321. The summed E-state index contributed by atoms with van der Waals surface area (Å²) in [7, 11) is 0. The Labute approximate surface area is 121 Å². The molecule has 0 aliphatic rings. The van der Waals surface area contributed by atoms with E-state index < -0.39 is 0 Å². The lowest BCUT2D eigenvalue weighted by molar-refractivity contribution is 0.856. The van der Waals surface area contributed by atoms with Gasteiger partial charge in [-0.2, -0.15) is 0 Å². The SMILES string of the molecule is Nc1cc(CN(N)c2c(N)cccc2Cl)c(N)c(N)n1. The van der Waals surface area contributed by atoms with Gasteiger partial charge in [-0.25, -0.2) is 10.8 Å². The number of nitrogens with two attached hydrogens (primary N) is 5. The first kappa shape index (κ1) is 14.0. The van der Waals surface area contributed by atoms with Crippen molar-refractivity contribution < 1.29 is 0 Å². The van der Waals surface area contributed by atoms with Crippen LogP contribution in [0.5, 0.6) is 0 Å². The number of aromatic nitrogens is 1. The lowest BCUT2D eigenvalue weighted by Crippen LogP contribution is -2.31. The van der Waals surface area contributed by atoms with Gasteiger partial charge in [-0.15, -0.1) is 0 Å². The molecule has 1 aromatic carbocycles. The van der Waals surface area contributed by atoms with Crippen molar-refractivity contribution in [2.75, 3.05) is 27.9 Å². The Morgan fingerprint density at radius 2 is 1.85 bits per heavy atom. The van der Waals surface area contributed by atoms with Crippen LogP contribution < -0.4 is 33.8 Å². The number of benzene rings is 1. The van der Waals surface area contributed by atoms with E-state index in [9.17, 15) is 0 Å². The summed E-state index contributed by atoms with van der Waals surface area (Å²) in [6, 6.07) is 6.76. The minimum absolute atomic E-state index is 0.167.